The van der Waals surface area contributed by atoms with Crippen molar-refractivity contribution in [3.05, 3.63) is 105 Å². The van der Waals surface area contributed by atoms with Gasteiger partial charge in [-0.25, -0.2) is 4.39 Å². The minimum atomic E-state index is -0.904. The molecule has 0 radical (unpaired) electrons. The standard InChI is InChI=1S/C28H27Cl2FN2O3/c1-2-3-23(27(32)34)33-25(18-6-10-20(29)11-7-18)26(19-8-12-21(30)13-9-19)36-24(28(33)35)16-17-4-14-22(31)15-5-17/h4-15,23-26H,2-3,16H2,1H3,(H2,32,34)/t23-,24?,25?,26?/m0/s1. The Hall–Kier alpha value is -2.93. The van der Waals surface area contributed by atoms with Crippen LogP contribution in [0.3, 0.4) is 0 Å². The number of primary amides is 1. The Morgan fingerprint density at radius 1 is 0.972 bits per heavy atom. The number of hydrogen-bond donors (Lipinski definition) is 1. The Morgan fingerprint density at radius 2 is 1.53 bits per heavy atom. The number of carbonyl (C=O) groups excluding carboxylic acids is 2. The lowest BCUT2D eigenvalue weighted by atomic mass is 9.88. The van der Waals surface area contributed by atoms with Gasteiger partial charge >= 0.3 is 0 Å². The summed E-state index contributed by atoms with van der Waals surface area (Å²) in [5.74, 6) is -1.29. The largest absolute Gasteiger partial charge is 0.368 e. The highest BCUT2D eigenvalue weighted by Gasteiger charge is 2.47. The highest BCUT2D eigenvalue weighted by Crippen LogP contribution is 2.44. The molecule has 0 spiro atoms. The fourth-order valence-electron chi connectivity index (χ4n) is 4.68. The number of rotatable bonds is 8. The SMILES string of the molecule is CCC[C@@H](C(N)=O)N1C(=O)C(Cc2ccc(F)cc2)OC(c2ccc(Cl)cc2)C1c1ccc(Cl)cc1. The second kappa shape index (κ2) is 11.4. The Kier molecular flexibility index (Phi) is 8.29. The monoisotopic (exact) mass is 528 g/mol. The first-order valence-corrected chi connectivity index (χ1v) is 12.6. The van der Waals surface area contributed by atoms with Crippen LogP contribution in [0.1, 0.15) is 48.6 Å². The first-order chi connectivity index (χ1) is 17.3. The van der Waals surface area contributed by atoms with Crippen LogP contribution in [0.15, 0.2) is 72.8 Å². The smallest absolute Gasteiger partial charge is 0.253 e. The summed E-state index contributed by atoms with van der Waals surface area (Å²) in [5, 5.41) is 1.11. The summed E-state index contributed by atoms with van der Waals surface area (Å²) < 4.78 is 20.0. The summed E-state index contributed by atoms with van der Waals surface area (Å²) >= 11 is 12.3. The van der Waals surface area contributed by atoms with E-state index in [1.54, 1.807) is 41.3 Å². The summed E-state index contributed by atoms with van der Waals surface area (Å²) in [5.41, 5.74) is 8.13. The Morgan fingerprint density at radius 3 is 2.06 bits per heavy atom. The summed E-state index contributed by atoms with van der Waals surface area (Å²) in [6.45, 7) is 1.94. The zero-order chi connectivity index (χ0) is 25.8. The molecule has 1 aliphatic heterocycles. The molecule has 2 amide bonds. The lowest BCUT2D eigenvalue weighted by molar-refractivity contribution is -0.181. The van der Waals surface area contributed by atoms with E-state index in [-0.39, 0.29) is 18.1 Å². The normalized spacial score (nSPS) is 20.8. The number of nitrogens with two attached hydrogens (primary N) is 1. The minimum absolute atomic E-state index is 0.213. The van der Waals surface area contributed by atoms with Crippen molar-refractivity contribution in [3.8, 4) is 0 Å². The van der Waals surface area contributed by atoms with Crippen LogP contribution in [0.25, 0.3) is 0 Å². The van der Waals surface area contributed by atoms with E-state index in [0.717, 1.165) is 16.7 Å². The van der Waals surface area contributed by atoms with E-state index in [1.165, 1.54) is 12.1 Å². The lowest BCUT2D eigenvalue weighted by Crippen LogP contribution is -2.58. The van der Waals surface area contributed by atoms with Crippen molar-refractivity contribution in [1.29, 1.82) is 0 Å². The third-order valence-corrected chi connectivity index (χ3v) is 6.90. The lowest BCUT2D eigenvalue weighted by Gasteiger charge is -2.47. The molecule has 0 bridgehead atoms. The first kappa shape index (κ1) is 26.1. The molecule has 4 rings (SSSR count). The van der Waals surface area contributed by atoms with Gasteiger partial charge in [-0.1, -0.05) is 72.9 Å². The van der Waals surface area contributed by atoms with Crippen molar-refractivity contribution < 1.29 is 18.7 Å². The third kappa shape index (κ3) is 5.72. The maximum absolute atomic E-state index is 14.0. The van der Waals surface area contributed by atoms with E-state index < -0.39 is 30.2 Å². The van der Waals surface area contributed by atoms with Crippen LogP contribution in [0.2, 0.25) is 10.0 Å². The van der Waals surface area contributed by atoms with Crippen molar-refractivity contribution in [2.24, 2.45) is 5.73 Å². The topological polar surface area (TPSA) is 72.6 Å². The van der Waals surface area contributed by atoms with Gasteiger partial charge in [0.1, 0.15) is 24.1 Å². The van der Waals surface area contributed by atoms with E-state index in [1.807, 2.05) is 31.2 Å². The molecule has 3 unspecified atom stereocenters. The van der Waals surface area contributed by atoms with Gasteiger partial charge < -0.3 is 15.4 Å². The average Bonchev–Trinajstić information content (AvgIpc) is 2.86. The summed E-state index contributed by atoms with van der Waals surface area (Å²) in [4.78, 5) is 28.2. The van der Waals surface area contributed by atoms with Crippen LogP contribution in [0.5, 0.6) is 0 Å². The molecular weight excluding hydrogens is 502 g/mol. The van der Waals surface area contributed by atoms with Gasteiger partial charge in [-0.15, -0.1) is 0 Å². The molecule has 5 nitrogen and oxygen atoms in total. The van der Waals surface area contributed by atoms with Gasteiger partial charge in [0.2, 0.25) is 5.91 Å². The third-order valence-electron chi connectivity index (χ3n) is 6.40. The second-order valence-corrected chi connectivity index (χ2v) is 9.75. The van der Waals surface area contributed by atoms with Crippen LogP contribution in [-0.2, 0) is 20.7 Å². The van der Waals surface area contributed by atoms with Gasteiger partial charge in [-0.2, -0.15) is 0 Å². The number of carbonyl (C=O) groups is 2. The van der Waals surface area contributed by atoms with Crippen molar-refractivity contribution in [2.45, 2.75) is 50.5 Å². The molecule has 0 aromatic heterocycles. The van der Waals surface area contributed by atoms with E-state index in [0.29, 0.717) is 22.9 Å². The molecule has 1 saturated heterocycles. The van der Waals surface area contributed by atoms with Gasteiger partial charge in [0.05, 0.1) is 6.04 Å². The van der Waals surface area contributed by atoms with Crippen molar-refractivity contribution in [2.75, 3.05) is 0 Å². The highest BCUT2D eigenvalue weighted by molar-refractivity contribution is 6.30. The molecule has 1 fully saturated rings. The van der Waals surface area contributed by atoms with Crippen molar-refractivity contribution in [3.63, 3.8) is 0 Å². The van der Waals surface area contributed by atoms with Crippen LogP contribution in [0.4, 0.5) is 4.39 Å². The number of halogens is 3. The summed E-state index contributed by atoms with van der Waals surface area (Å²) in [6.07, 6.45) is -0.254. The summed E-state index contributed by atoms with van der Waals surface area (Å²) in [6, 6.07) is 18.8. The van der Waals surface area contributed by atoms with Gasteiger partial charge in [0, 0.05) is 16.5 Å². The van der Waals surface area contributed by atoms with Crippen molar-refractivity contribution in [1.82, 2.24) is 4.90 Å². The van der Waals surface area contributed by atoms with Crippen LogP contribution >= 0.6 is 23.2 Å². The molecule has 188 valence electrons. The molecular formula is C28H27Cl2FN2O3. The molecule has 2 N–H and O–H groups in total. The fourth-order valence-corrected chi connectivity index (χ4v) is 4.93. The number of morpholine rings is 1. The van der Waals surface area contributed by atoms with E-state index in [9.17, 15) is 14.0 Å². The van der Waals surface area contributed by atoms with E-state index in [2.05, 4.69) is 0 Å². The Bertz CT molecular complexity index is 1200. The molecule has 3 aromatic rings. The highest BCUT2D eigenvalue weighted by atomic mass is 35.5. The predicted molar refractivity (Wildman–Crippen MR) is 138 cm³/mol. The predicted octanol–water partition coefficient (Wildman–Crippen LogP) is 6.04. The fraction of sp³-hybridized carbons (Fsp3) is 0.286. The number of hydrogen-bond acceptors (Lipinski definition) is 3. The van der Waals surface area contributed by atoms with Gasteiger partial charge in [0.25, 0.3) is 5.91 Å². The Balaban J connectivity index is 1.84. The number of ether oxygens (including phenoxy) is 1. The van der Waals surface area contributed by atoms with Crippen molar-refractivity contribution >= 4 is 35.0 Å². The zero-order valence-electron chi connectivity index (χ0n) is 19.7. The first-order valence-electron chi connectivity index (χ1n) is 11.8. The maximum Gasteiger partial charge on any atom is 0.253 e. The second-order valence-electron chi connectivity index (χ2n) is 8.88. The minimum Gasteiger partial charge on any atom is -0.368 e. The molecule has 36 heavy (non-hydrogen) atoms. The molecule has 0 aliphatic carbocycles. The van der Waals surface area contributed by atoms with Crippen LogP contribution in [-0.4, -0.2) is 28.9 Å². The van der Waals surface area contributed by atoms with E-state index in [4.69, 9.17) is 33.7 Å². The van der Waals surface area contributed by atoms with Crippen LogP contribution < -0.4 is 5.73 Å². The van der Waals surface area contributed by atoms with Crippen LogP contribution in [0, 0.1) is 5.82 Å². The quantitative estimate of drug-likeness (QED) is 0.387. The van der Waals surface area contributed by atoms with Gasteiger partial charge in [0.15, 0.2) is 0 Å². The molecule has 1 heterocycles. The molecule has 3 aromatic carbocycles. The molecule has 4 atom stereocenters. The van der Waals surface area contributed by atoms with Gasteiger partial charge in [-0.3, -0.25) is 9.59 Å². The molecule has 1 aliphatic rings. The van der Waals surface area contributed by atoms with E-state index >= 15 is 0 Å². The molecule has 0 saturated carbocycles. The summed E-state index contributed by atoms with van der Waals surface area (Å²) in [7, 11) is 0. The van der Waals surface area contributed by atoms with Gasteiger partial charge in [-0.05, 0) is 59.5 Å². The Labute approximate surface area is 219 Å². The number of benzene rings is 3. The molecule has 8 heteroatoms. The number of nitrogens with zero attached hydrogens (tertiary/aromatic N) is 1. The maximum atomic E-state index is 14.0. The average molecular weight is 529 g/mol. The zero-order valence-corrected chi connectivity index (χ0v) is 21.3. The number of amides is 2.